The van der Waals surface area contributed by atoms with Crippen molar-refractivity contribution in [2.75, 3.05) is 45.9 Å². The fourth-order valence-electron chi connectivity index (χ4n) is 3.82. The van der Waals surface area contributed by atoms with Gasteiger partial charge in [-0.25, -0.2) is 0 Å². The molecule has 7 heteroatoms. The molecule has 7 nitrogen and oxygen atoms in total. The second kappa shape index (κ2) is 11.0. The van der Waals surface area contributed by atoms with Crippen LogP contribution in [0.1, 0.15) is 36.9 Å². The molecule has 1 N–H and O–H groups in total. The van der Waals surface area contributed by atoms with E-state index in [4.69, 9.17) is 9.47 Å². The van der Waals surface area contributed by atoms with E-state index in [1.54, 1.807) is 31.4 Å². The van der Waals surface area contributed by atoms with Crippen molar-refractivity contribution in [3.63, 3.8) is 0 Å². The number of anilines is 1. The number of carbonyl (C=O) groups excluding carboxylic acids is 2. The van der Waals surface area contributed by atoms with Gasteiger partial charge in [0, 0.05) is 39.0 Å². The fraction of sp³-hybridized carbons (Fsp3) is 0.385. The third kappa shape index (κ3) is 5.37. The van der Waals surface area contributed by atoms with Gasteiger partial charge in [0.25, 0.3) is 11.7 Å². The molecule has 33 heavy (non-hydrogen) atoms. The van der Waals surface area contributed by atoms with Gasteiger partial charge in [-0.3, -0.25) is 9.59 Å². The van der Waals surface area contributed by atoms with Crippen molar-refractivity contribution in [2.24, 2.45) is 0 Å². The van der Waals surface area contributed by atoms with E-state index < -0.39 is 17.7 Å². The van der Waals surface area contributed by atoms with Crippen LogP contribution in [0.4, 0.5) is 5.69 Å². The summed E-state index contributed by atoms with van der Waals surface area (Å²) in [6.45, 7) is 3.16. The number of carbonyl (C=O) groups is 2. The monoisotopic (exact) mass is 452 g/mol. The van der Waals surface area contributed by atoms with Gasteiger partial charge in [0.05, 0.1) is 24.8 Å². The van der Waals surface area contributed by atoms with Gasteiger partial charge in [0.1, 0.15) is 11.5 Å². The Labute approximate surface area is 195 Å². The quantitative estimate of drug-likeness (QED) is 0.254. The number of ether oxygens (including phenoxy) is 2. The number of benzene rings is 2. The van der Waals surface area contributed by atoms with Crippen LogP contribution in [0.15, 0.2) is 54.1 Å². The van der Waals surface area contributed by atoms with Gasteiger partial charge in [0.2, 0.25) is 0 Å². The second-order valence-corrected chi connectivity index (χ2v) is 8.20. The smallest absolute Gasteiger partial charge is 0.295 e. The van der Waals surface area contributed by atoms with Crippen LogP contribution in [-0.4, -0.2) is 62.7 Å². The minimum absolute atomic E-state index is 0.0689. The van der Waals surface area contributed by atoms with Gasteiger partial charge >= 0.3 is 0 Å². The summed E-state index contributed by atoms with van der Waals surface area (Å²) in [4.78, 5) is 29.4. The molecule has 0 aliphatic carbocycles. The van der Waals surface area contributed by atoms with E-state index in [9.17, 15) is 14.7 Å². The molecule has 1 heterocycles. The molecule has 1 amide bonds. The molecule has 0 aromatic heterocycles. The van der Waals surface area contributed by atoms with Crippen LogP contribution in [0.5, 0.6) is 5.75 Å². The van der Waals surface area contributed by atoms with Gasteiger partial charge < -0.3 is 24.4 Å². The first kappa shape index (κ1) is 24.3. The van der Waals surface area contributed by atoms with Crippen molar-refractivity contribution in [2.45, 2.75) is 25.8 Å². The highest BCUT2D eigenvalue weighted by atomic mass is 16.5. The molecule has 3 rings (SSSR count). The number of methoxy groups -OCH3 is 1. The van der Waals surface area contributed by atoms with Crippen LogP contribution in [0.2, 0.25) is 0 Å². The van der Waals surface area contributed by atoms with E-state index in [1.807, 2.05) is 43.3 Å². The van der Waals surface area contributed by atoms with Crippen LogP contribution < -0.4 is 9.64 Å². The summed E-state index contributed by atoms with van der Waals surface area (Å²) in [7, 11) is 5.42. The van der Waals surface area contributed by atoms with Crippen LogP contribution in [0.3, 0.4) is 0 Å². The highest BCUT2D eigenvalue weighted by Crippen LogP contribution is 2.40. The van der Waals surface area contributed by atoms with Crippen LogP contribution in [0, 0.1) is 0 Å². The lowest BCUT2D eigenvalue weighted by atomic mass is 9.95. The molecule has 0 saturated carbocycles. The van der Waals surface area contributed by atoms with Crippen molar-refractivity contribution in [3.8, 4) is 5.75 Å². The molecule has 1 atom stereocenters. The van der Waals surface area contributed by atoms with E-state index in [0.717, 1.165) is 24.1 Å². The Morgan fingerprint density at radius 2 is 1.82 bits per heavy atom. The van der Waals surface area contributed by atoms with E-state index in [0.29, 0.717) is 17.9 Å². The topological polar surface area (TPSA) is 79.3 Å². The number of Topliss-reactive ketones (excluding diaryl/α,β-unsaturated/α-hetero) is 1. The largest absolute Gasteiger partial charge is 0.507 e. The van der Waals surface area contributed by atoms with Gasteiger partial charge in [-0.1, -0.05) is 37.6 Å². The number of unbranched alkanes of at least 4 members (excludes halogenated alkanes) is 1. The molecule has 176 valence electrons. The first-order valence-electron chi connectivity index (χ1n) is 11.2. The Morgan fingerprint density at radius 1 is 1.09 bits per heavy atom. The SMILES string of the molecule is CCCCOc1cccc(/C(O)=C2\C(=O)C(=O)N(CCOC)C2c2ccc(N(C)C)cc2)c1. The first-order chi connectivity index (χ1) is 15.9. The van der Waals surface area contributed by atoms with Crippen molar-refractivity contribution in [1.82, 2.24) is 4.90 Å². The molecule has 0 spiro atoms. The lowest BCUT2D eigenvalue weighted by molar-refractivity contribution is -0.140. The highest BCUT2D eigenvalue weighted by molar-refractivity contribution is 6.46. The Kier molecular flexibility index (Phi) is 8.11. The molecule has 0 bridgehead atoms. The minimum atomic E-state index is -0.707. The summed E-state index contributed by atoms with van der Waals surface area (Å²) in [5.41, 5.74) is 2.24. The summed E-state index contributed by atoms with van der Waals surface area (Å²) in [6, 6.07) is 13.9. The van der Waals surface area contributed by atoms with E-state index in [1.165, 1.54) is 4.90 Å². The molecule has 1 aliphatic heterocycles. The molecule has 1 unspecified atom stereocenters. The van der Waals surface area contributed by atoms with Crippen molar-refractivity contribution in [1.29, 1.82) is 0 Å². The van der Waals surface area contributed by atoms with Gasteiger partial charge in [-0.15, -0.1) is 0 Å². The minimum Gasteiger partial charge on any atom is -0.507 e. The molecule has 0 radical (unpaired) electrons. The first-order valence-corrected chi connectivity index (χ1v) is 11.2. The highest BCUT2D eigenvalue weighted by Gasteiger charge is 2.45. The maximum Gasteiger partial charge on any atom is 0.295 e. The molecular weight excluding hydrogens is 420 g/mol. The number of likely N-dealkylation sites (tertiary alicyclic amines) is 1. The van der Waals surface area contributed by atoms with Gasteiger partial charge in [0.15, 0.2) is 0 Å². The number of aliphatic hydroxyl groups excluding tert-OH is 1. The normalized spacial score (nSPS) is 17.5. The van der Waals surface area contributed by atoms with Crippen LogP contribution >= 0.6 is 0 Å². The maximum atomic E-state index is 13.1. The maximum absolute atomic E-state index is 13.1. The van der Waals surface area contributed by atoms with Crippen molar-refractivity contribution < 1.29 is 24.2 Å². The third-order valence-corrected chi connectivity index (χ3v) is 5.68. The molecule has 2 aromatic rings. The average Bonchev–Trinajstić information content (AvgIpc) is 3.07. The van der Waals surface area contributed by atoms with E-state index in [2.05, 4.69) is 6.92 Å². The number of nitrogens with zero attached hydrogens (tertiary/aromatic N) is 2. The van der Waals surface area contributed by atoms with Crippen LogP contribution in [-0.2, 0) is 14.3 Å². The predicted molar refractivity (Wildman–Crippen MR) is 128 cm³/mol. The van der Waals surface area contributed by atoms with Crippen molar-refractivity contribution >= 4 is 23.1 Å². The van der Waals surface area contributed by atoms with Crippen LogP contribution in [0.25, 0.3) is 5.76 Å². The van der Waals surface area contributed by atoms with Gasteiger partial charge in [-0.05, 0) is 36.2 Å². The lowest BCUT2D eigenvalue weighted by Gasteiger charge is -2.25. The third-order valence-electron chi connectivity index (χ3n) is 5.68. The number of hydrogen-bond acceptors (Lipinski definition) is 6. The van der Waals surface area contributed by atoms with E-state index >= 15 is 0 Å². The lowest BCUT2D eigenvalue weighted by Crippen LogP contribution is -2.32. The summed E-state index contributed by atoms with van der Waals surface area (Å²) in [6.07, 6.45) is 1.93. The number of aliphatic hydroxyl groups is 1. The number of rotatable bonds is 10. The standard InChI is InChI=1S/C26H32N2O5/c1-5-6-15-33-21-9-7-8-19(17-21)24(29)22-23(18-10-12-20(13-11-18)27(2)3)28(14-16-32-4)26(31)25(22)30/h7-13,17,23,29H,5-6,14-16H2,1-4H3/b24-22+. The predicted octanol–water partition coefficient (Wildman–Crippen LogP) is 4.00. The zero-order chi connectivity index (χ0) is 24.0. The second-order valence-electron chi connectivity index (χ2n) is 8.20. The molecule has 2 aromatic carbocycles. The summed E-state index contributed by atoms with van der Waals surface area (Å²) >= 11 is 0. The Morgan fingerprint density at radius 3 is 2.45 bits per heavy atom. The summed E-state index contributed by atoms with van der Waals surface area (Å²) in [5.74, 6) is -0.961. The summed E-state index contributed by atoms with van der Waals surface area (Å²) in [5, 5.41) is 11.2. The fourth-order valence-corrected chi connectivity index (χ4v) is 3.82. The molecule has 1 aliphatic rings. The number of amides is 1. The zero-order valence-corrected chi connectivity index (χ0v) is 19.7. The Bertz CT molecular complexity index is 1010. The Hall–Kier alpha value is -3.32. The van der Waals surface area contributed by atoms with Gasteiger partial charge in [-0.2, -0.15) is 0 Å². The molecular formula is C26H32N2O5. The number of hydrogen-bond donors (Lipinski definition) is 1. The van der Waals surface area contributed by atoms with Crippen molar-refractivity contribution in [3.05, 3.63) is 65.2 Å². The Balaban J connectivity index is 2.06. The summed E-state index contributed by atoms with van der Waals surface area (Å²) < 4.78 is 10.9. The average molecular weight is 453 g/mol. The zero-order valence-electron chi connectivity index (χ0n) is 19.7. The molecule has 1 saturated heterocycles. The number of ketones is 1. The molecule has 1 fully saturated rings. The van der Waals surface area contributed by atoms with E-state index in [-0.39, 0.29) is 24.5 Å².